The zero-order valence-corrected chi connectivity index (χ0v) is 16.1. The topological polar surface area (TPSA) is 25.8 Å². The van der Waals surface area contributed by atoms with Crippen molar-refractivity contribution in [1.29, 1.82) is 0 Å². The van der Waals surface area contributed by atoms with Crippen molar-refractivity contribution >= 4 is 21.6 Å². The summed E-state index contributed by atoms with van der Waals surface area (Å²) in [6, 6.07) is 10.9. The van der Waals surface area contributed by atoms with Gasteiger partial charge in [-0.15, -0.1) is 11.3 Å². The molecule has 9 heteroatoms. The molecule has 0 saturated carbocycles. The number of hydrogen-bond acceptors (Lipinski definition) is 3. The van der Waals surface area contributed by atoms with Gasteiger partial charge in [0.25, 0.3) is 0 Å². The van der Waals surface area contributed by atoms with Gasteiger partial charge in [0.2, 0.25) is 0 Å². The molecule has 0 radical (unpaired) electrons. The van der Waals surface area contributed by atoms with E-state index in [4.69, 9.17) is 0 Å². The Morgan fingerprint density at radius 2 is 1.40 bits per heavy atom. The first-order chi connectivity index (χ1) is 14.0. The highest BCUT2D eigenvalue weighted by Crippen LogP contribution is 2.37. The van der Waals surface area contributed by atoms with Gasteiger partial charge in [0.15, 0.2) is 5.82 Å². The van der Waals surface area contributed by atoms with Crippen LogP contribution in [0.5, 0.6) is 0 Å². The van der Waals surface area contributed by atoms with Crippen LogP contribution in [0, 0.1) is 6.92 Å². The van der Waals surface area contributed by atoms with Crippen molar-refractivity contribution in [1.82, 2.24) is 9.97 Å². The van der Waals surface area contributed by atoms with E-state index in [1.54, 1.807) is 6.07 Å². The van der Waals surface area contributed by atoms with Crippen molar-refractivity contribution in [2.75, 3.05) is 0 Å². The van der Waals surface area contributed by atoms with Gasteiger partial charge in [-0.1, -0.05) is 24.3 Å². The number of rotatable bonds is 2. The molecule has 30 heavy (non-hydrogen) atoms. The Bertz CT molecular complexity index is 1220. The maximum Gasteiger partial charge on any atom is 0.416 e. The van der Waals surface area contributed by atoms with Crippen molar-refractivity contribution < 1.29 is 26.3 Å². The summed E-state index contributed by atoms with van der Waals surface area (Å²) in [4.78, 5) is 10.3. The Hall–Kier alpha value is -2.94. The lowest BCUT2D eigenvalue weighted by Crippen LogP contribution is -2.05. The Labute approximate surface area is 170 Å². The molecule has 154 valence electrons. The Kier molecular flexibility index (Phi) is 4.80. The Balaban J connectivity index is 1.89. The molecule has 2 heterocycles. The molecular weight excluding hydrogens is 426 g/mol. The molecule has 4 rings (SSSR count). The zero-order valence-electron chi connectivity index (χ0n) is 15.3. The van der Waals surface area contributed by atoms with Crippen LogP contribution in [-0.2, 0) is 12.4 Å². The number of fused-ring (bicyclic) bond motifs is 1. The van der Waals surface area contributed by atoms with Crippen LogP contribution in [0.2, 0.25) is 0 Å². The molecule has 0 aliphatic heterocycles. The van der Waals surface area contributed by atoms with E-state index in [1.165, 1.54) is 35.6 Å². The second-order valence-corrected chi connectivity index (χ2v) is 7.86. The number of benzene rings is 2. The highest BCUT2D eigenvalue weighted by atomic mass is 32.1. The van der Waals surface area contributed by atoms with Crippen LogP contribution in [0.4, 0.5) is 26.3 Å². The van der Waals surface area contributed by atoms with Crippen LogP contribution in [0.1, 0.15) is 16.0 Å². The van der Waals surface area contributed by atoms with Crippen molar-refractivity contribution in [3.05, 3.63) is 70.6 Å². The van der Waals surface area contributed by atoms with Gasteiger partial charge in [0, 0.05) is 21.4 Å². The van der Waals surface area contributed by atoms with E-state index < -0.39 is 23.5 Å². The van der Waals surface area contributed by atoms with E-state index in [1.807, 2.05) is 6.92 Å². The monoisotopic (exact) mass is 438 g/mol. The molecule has 2 nitrogen and oxygen atoms in total. The molecule has 0 N–H and O–H groups in total. The maximum absolute atomic E-state index is 13.2. The predicted octanol–water partition coefficient (Wildman–Crippen LogP) is 7.37. The van der Waals surface area contributed by atoms with Crippen LogP contribution in [-0.4, -0.2) is 9.97 Å². The first kappa shape index (κ1) is 20.3. The summed E-state index contributed by atoms with van der Waals surface area (Å²) >= 11 is 1.33. The minimum absolute atomic E-state index is 0.144. The smallest absolute Gasteiger partial charge is 0.227 e. The normalized spacial score (nSPS) is 12.5. The SMILES string of the molecule is Cc1cc2c(-c3cccc(C(F)(F)F)c3)nc(-c3ccc(C(F)(F)F)cc3)nc2s1. The number of alkyl halides is 6. The Morgan fingerprint density at radius 1 is 0.733 bits per heavy atom. The molecule has 0 saturated heterocycles. The third kappa shape index (κ3) is 3.89. The molecule has 2 aromatic heterocycles. The molecule has 0 bridgehead atoms. The summed E-state index contributed by atoms with van der Waals surface area (Å²) < 4.78 is 78.0. The van der Waals surface area contributed by atoms with Crippen LogP contribution >= 0.6 is 11.3 Å². The quantitative estimate of drug-likeness (QED) is 0.305. The second-order valence-electron chi connectivity index (χ2n) is 6.63. The summed E-state index contributed by atoms with van der Waals surface area (Å²) in [5, 5.41) is 0.590. The fourth-order valence-electron chi connectivity index (χ4n) is 3.04. The number of aromatic nitrogens is 2. The highest BCUT2D eigenvalue weighted by molar-refractivity contribution is 7.18. The molecule has 0 amide bonds. The summed E-state index contributed by atoms with van der Waals surface area (Å²) in [6.07, 6.45) is -8.99. The van der Waals surface area contributed by atoms with E-state index in [-0.39, 0.29) is 11.4 Å². The third-order valence-electron chi connectivity index (χ3n) is 4.45. The lowest BCUT2D eigenvalue weighted by Gasteiger charge is -2.11. The largest absolute Gasteiger partial charge is 0.416 e. The van der Waals surface area contributed by atoms with Crippen LogP contribution in [0.3, 0.4) is 0 Å². The van der Waals surface area contributed by atoms with Crippen LogP contribution < -0.4 is 0 Å². The fourth-order valence-corrected chi connectivity index (χ4v) is 3.92. The zero-order chi connectivity index (χ0) is 21.7. The lowest BCUT2D eigenvalue weighted by molar-refractivity contribution is -0.138. The number of hydrogen-bond donors (Lipinski definition) is 0. The van der Waals surface area contributed by atoms with Gasteiger partial charge in [-0.25, -0.2) is 9.97 Å². The summed E-state index contributed by atoms with van der Waals surface area (Å²) in [7, 11) is 0. The van der Waals surface area contributed by atoms with Crippen molar-refractivity contribution in [2.45, 2.75) is 19.3 Å². The Morgan fingerprint density at radius 3 is 2.03 bits per heavy atom. The molecular formula is C21H12F6N2S. The van der Waals surface area contributed by atoms with Crippen molar-refractivity contribution in [3.8, 4) is 22.6 Å². The second kappa shape index (κ2) is 7.09. The van der Waals surface area contributed by atoms with Gasteiger partial charge >= 0.3 is 12.4 Å². The number of halogens is 6. The van der Waals surface area contributed by atoms with Gasteiger partial charge in [0.05, 0.1) is 16.8 Å². The van der Waals surface area contributed by atoms with Crippen molar-refractivity contribution in [2.24, 2.45) is 0 Å². The summed E-state index contributed by atoms with van der Waals surface area (Å²) in [6.45, 7) is 1.83. The average molecular weight is 438 g/mol. The van der Waals surface area contributed by atoms with E-state index in [9.17, 15) is 26.3 Å². The first-order valence-corrected chi connectivity index (χ1v) is 9.47. The van der Waals surface area contributed by atoms with E-state index in [0.717, 1.165) is 29.1 Å². The van der Waals surface area contributed by atoms with Gasteiger partial charge in [-0.2, -0.15) is 26.3 Å². The first-order valence-electron chi connectivity index (χ1n) is 8.66. The third-order valence-corrected chi connectivity index (χ3v) is 5.39. The lowest BCUT2D eigenvalue weighted by atomic mass is 10.0. The van der Waals surface area contributed by atoms with Gasteiger partial charge in [-0.05, 0) is 37.3 Å². The molecule has 0 fully saturated rings. The van der Waals surface area contributed by atoms with Gasteiger partial charge in [0.1, 0.15) is 4.83 Å². The molecule has 0 aliphatic carbocycles. The standard InChI is InChI=1S/C21H12F6N2S/c1-11-9-16-17(13-3-2-4-15(10-13)21(25,26)27)28-18(29-19(16)30-11)12-5-7-14(8-6-12)20(22,23)24/h2-10H,1H3. The summed E-state index contributed by atoms with van der Waals surface area (Å²) in [5.41, 5.74) is -0.732. The molecule has 0 unspecified atom stereocenters. The fraction of sp³-hybridized carbons (Fsp3) is 0.143. The molecule has 4 aromatic rings. The number of aryl methyl sites for hydroxylation is 1. The maximum atomic E-state index is 13.2. The van der Waals surface area contributed by atoms with Crippen LogP contribution in [0.15, 0.2) is 54.6 Å². The molecule has 0 atom stereocenters. The number of thiophene rings is 1. The molecule has 0 spiro atoms. The molecule has 0 aliphatic rings. The minimum atomic E-state index is -4.51. The van der Waals surface area contributed by atoms with Gasteiger partial charge < -0.3 is 0 Å². The average Bonchev–Trinajstić information content (AvgIpc) is 3.06. The molecule has 2 aromatic carbocycles. The summed E-state index contributed by atoms with van der Waals surface area (Å²) in [5.74, 6) is 0.144. The minimum Gasteiger partial charge on any atom is -0.227 e. The highest BCUT2D eigenvalue weighted by Gasteiger charge is 2.31. The van der Waals surface area contributed by atoms with E-state index in [2.05, 4.69) is 9.97 Å². The van der Waals surface area contributed by atoms with Gasteiger partial charge in [-0.3, -0.25) is 0 Å². The van der Waals surface area contributed by atoms with E-state index >= 15 is 0 Å². The number of nitrogens with zero attached hydrogens (tertiary/aromatic N) is 2. The predicted molar refractivity (Wildman–Crippen MR) is 103 cm³/mol. The van der Waals surface area contributed by atoms with E-state index in [0.29, 0.717) is 21.5 Å². The van der Waals surface area contributed by atoms with Crippen LogP contribution in [0.25, 0.3) is 32.9 Å². The van der Waals surface area contributed by atoms with Crippen molar-refractivity contribution in [3.63, 3.8) is 0 Å².